The fourth-order valence-corrected chi connectivity index (χ4v) is 6.96. The van der Waals surface area contributed by atoms with E-state index in [9.17, 15) is 26.8 Å². The highest BCUT2D eigenvalue weighted by molar-refractivity contribution is 7.92. The highest BCUT2D eigenvalue weighted by Gasteiger charge is 2.33. The van der Waals surface area contributed by atoms with Crippen molar-refractivity contribution in [2.24, 2.45) is 9.98 Å². The van der Waals surface area contributed by atoms with E-state index in [-0.39, 0.29) is 20.9 Å². The number of hydrogen-bond donors (Lipinski definition) is 0. The molecule has 8 nitrogen and oxygen atoms in total. The maximum atomic E-state index is 13.6. The third-order valence-corrected chi connectivity index (χ3v) is 9.70. The number of rotatable bonds is 8. The lowest BCUT2D eigenvalue weighted by Crippen LogP contribution is -2.08. The minimum absolute atomic E-state index is 0.141. The zero-order chi connectivity index (χ0) is 35.5. The predicted molar refractivity (Wildman–Crippen MR) is 187 cm³/mol. The maximum absolute atomic E-state index is 13.6. The Labute approximate surface area is 290 Å². The quantitative estimate of drug-likeness (QED) is 0.0892. The van der Waals surface area contributed by atoms with E-state index in [1.165, 1.54) is 60.7 Å². The van der Waals surface area contributed by atoms with E-state index in [0.717, 1.165) is 0 Å². The van der Waals surface area contributed by atoms with Gasteiger partial charge in [0.15, 0.2) is 0 Å². The molecule has 0 N–H and O–H groups in total. The molecular weight excluding hydrogens is 675 g/mol. The summed E-state index contributed by atoms with van der Waals surface area (Å²) in [5.74, 6) is -1.55. The van der Waals surface area contributed by atoms with Gasteiger partial charge in [-0.25, -0.2) is 26.8 Å². The van der Waals surface area contributed by atoms with Gasteiger partial charge in [0.25, 0.3) is 0 Å². The van der Waals surface area contributed by atoms with Crippen LogP contribution in [0.4, 0.5) is 20.2 Å². The number of nitrogens with zero attached hydrogens (tertiary/aromatic N) is 2. The lowest BCUT2D eigenvalue weighted by Gasteiger charge is -2.05. The van der Waals surface area contributed by atoms with Crippen molar-refractivity contribution in [3.63, 3.8) is 0 Å². The van der Waals surface area contributed by atoms with Crippen LogP contribution in [0, 0.1) is 11.6 Å². The molecule has 0 bridgehead atoms. The summed E-state index contributed by atoms with van der Waals surface area (Å²) in [7, 11) is -3.85. The number of ether oxygens (including phenoxy) is 2. The summed E-state index contributed by atoms with van der Waals surface area (Å²) >= 11 is 0. The number of hydrogen-bond acceptors (Lipinski definition) is 8. The molecule has 1 aliphatic rings. The molecule has 0 amide bonds. The van der Waals surface area contributed by atoms with Crippen molar-refractivity contribution in [2.75, 3.05) is 0 Å². The van der Waals surface area contributed by atoms with Gasteiger partial charge < -0.3 is 9.47 Å². The molecule has 7 rings (SSSR count). The third-order valence-electron chi connectivity index (χ3n) is 7.87. The smallest absolute Gasteiger partial charge is 0.343 e. The zero-order valence-electron chi connectivity index (χ0n) is 26.4. The molecule has 250 valence electrons. The number of halogens is 2. The van der Waals surface area contributed by atoms with Gasteiger partial charge in [-0.15, -0.1) is 0 Å². The fraction of sp³-hybridized carbons (Fsp3) is 0. The van der Waals surface area contributed by atoms with Gasteiger partial charge in [0.05, 0.1) is 32.3 Å². The van der Waals surface area contributed by atoms with E-state index in [2.05, 4.69) is 9.98 Å². The SMILES string of the molecule is O=C(Oc1ccc(C=Nc2ccc3c(c2)S(=O)(=O)c2cc(N=Cc4ccc(OC(=O)c5ccc(F)cc5)cc4)ccc2-3)cc1)c1ccc(F)cc1. The Hall–Kier alpha value is -6.59. The molecule has 1 heterocycles. The minimum atomic E-state index is -3.85. The Morgan fingerprint density at radius 2 is 0.882 bits per heavy atom. The van der Waals surface area contributed by atoms with Crippen molar-refractivity contribution in [2.45, 2.75) is 9.79 Å². The van der Waals surface area contributed by atoms with Crippen LogP contribution in [0.5, 0.6) is 11.5 Å². The molecule has 0 saturated heterocycles. The monoisotopic (exact) mass is 698 g/mol. The van der Waals surface area contributed by atoms with E-state index in [4.69, 9.17) is 9.47 Å². The Bertz CT molecular complexity index is 2290. The first-order valence-electron chi connectivity index (χ1n) is 15.4. The number of carbonyl (C=O) groups is 2. The summed E-state index contributed by atoms with van der Waals surface area (Å²) in [5.41, 5.74) is 3.81. The normalized spacial score (nSPS) is 12.8. The first kappa shape index (κ1) is 32.9. The van der Waals surface area contributed by atoms with E-state index in [1.807, 2.05) is 0 Å². The van der Waals surface area contributed by atoms with Gasteiger partial charge in [-0.05, 0) is 132 Å². The van der Waals surface area contributed by atoms with Gasteiger partial charge in [-0.1, -0.05) is 12.1 Å². The lowest BCUT2D eigenvalue weighted by atomic mass is 10.1. The zero-order valence-corrected chi connectivity index (χ0v) is 27.2. The van der Waals surface area contributed by atoms with Crippen molar-refractivity contribution in [3.8, 4) is 22.6 Å². The third kappa shape index (κ3) is 7.24. The van der Waals surface area contributed by atoms with Crippen molar-refractivity contribution in [1.82, 2.24) is 0 Å². The standard InChI is InChI=1S/C40H24F2N2O6S/c41-29-9-5-27(6-10-29)39(45)49-33-15-1-25(2-16-33)23-43-31-13-19-35-36-20-14-32(22-38(36)51(47,48)37(35)21-31)44-24-26-3-17-34(18-4-26)50-40(46)28-7-11-30(42)12-8-28/h1-24H. The number of benzene rings is 6. The molecule has 51 heavy (non-hydrogen) atoms. The summed E-state index contributed by atoms with van der Waals surface area (Å²) in [5, 5.41) is 0. The van der Waals surface area contributed by atoms with Crippen LogP contribution in [-0.4, -0.2) is 32.8 Å². The van der Waals surface area contributed by atoms with Crippen molar-refractivity contribution in [1.29, 1.82) is 0 Å². The van der Waals surface area contributed by atoms with Gasteiger partial charge in [0.2, 0.25) is 9.84 Å². The first-order valence-corrected chi connectivity index (χ1v) is 16.9. The van der Waals surface area contributed by atoms with Crippen LogP contribution < -0.4 is 9.47 Å². The van der Waals surface area contributed by atoms with Crippen LogP contribution in [-0.2, 0) is 9.84 Å². The Morgan fingerprint density at radius 1 is 0.510 bits per heavy atom. The molecule has 6 aromatic carbocycles. The summed E-state index contributed by atoms with van der Waals surface area (Å²) in [6.45, 7) is 0. The van der Waals surface area contributed by atoms with Crippen LogP contribution in [0.25, 0.3) is 11.1 Å². The molecule has 0 aliphatic carbocycles. The highest BCUT2D eigenvalue weighted by atomic mass is 32.2. The second-order valence-corrected chi connectivity index (χ2v) is 13.2. The van der Waals surface area contributed by atoms with Crippen LogP contribution in [0.3, 0.4) is 0 Å². The molecule has 0 radical (unpaired) electrons. The summed E-state index contributed by atoms with van der Waals surface area (Å²) in [6, 6.07) is 33.2. The second kappa shape index (κ2) is 13.7. The largest absolute Gasteiger partial charge is 0.423 e. The van der Waals surface area contributed by atoms with Crippen LogP contribution in [0.1, 0.15) is 31.8 Å². The topological polar surface area (TPSA) is 111 Å². The molecule has 6 aromatic rings. The van der Waals surface area contributed by atoms with Gasteiger partial charge in [0, 0.05) is 23.6 Å². The Kier molecular flexibility index (Phi) is 8.87. The van der Waals surface area contributed by atoms with E-state index >= 15 is 0 Å². The van der Waals surface area contributed by atoms with Crippen molar-refractivity contribution in [3.05, 3.63) is 167 Å². The fourth-order valence-electron chi connectivity index (χ4n) is 5.24. The van der Waals surface area contributed by atoms with Gasteiger partial charge in [0.1, 0.15) is 23.1 Å². The average molecular weight is 699 g/mol. The summed E-state index contributed by atoms with van der Waals surface area (Å²) < 4.78 is 64.1. The van der Waals surface area contributed by atoms with Gasteiger partial charge >= 0.3 is 11.9 Å². The van der Waals surface area contributed by atoms with Crippen LogP contribution >= 0.6 is 0 Å². The van der Waals surface area contributed by atoms with Gasteiger partial charge in [-0.3, -0.25) is 9.98 Å². The molecule has 0 fully saturated rings. The Balaban J connectivity index is 1.01. The van der Waals surface area contributed by atoms with Crippen LogP contribution in [0.2, 0.25) is 0 Å². The molecule has 0 unspecified atom stereocenters. The number of esters is 2. The first-order chi connectivity index (χ1) is 24.6. The van der Waals surface area contributed by atoms with Gasteiger partial charge in [-0.2, -0.15) is 0 Å². The van der Waals surface area contributed by atoms with E-state index in [1.54, 1.807) is 85.2 Å². The highest BCUT2D eigenvalue weighted by Crippen LogP contribution is 2.45. The number of fused-ring (bicyclic) bond motifs is 3. The number of carbonyl (C=O) groups excluding carboxylic acids is 2. The van der Waals surface area contributed by atoms with E-state index in [0.29, 0.717) is 45.1 Å². The predicted octanol–water partition coefficient (Wildman–Crippen LogP) is 8.72. The Morgan fingerprint density at radius 3 is 1.25 bits per heavy atom. The molecule has 1 aliphatic heterocycles. The van der Waals surface area contributed by atoms with E-state index < -0.39 is 33.4 Å². The minimum Gasteiger partial charge on any atom is -0.423 e. The average Bonchev–Trinajstić information content (AvgIpc) is 3.36. The molecule has 0 atom stereocenters. The number of aliphatic imine (C=N–C) groups is 2. The molecule has 0 spiro atoms. The van der Waals surface area contributed by atoms with Crippen molar-refractivity contribution < 1.29 is 36.3 Å². The lowest BCUT2D eigenvalue weighted by molar-refractivity contribution is 0.0725. The van der Waals surface area contributed by atoms with Crippen LogP contribution in [0.15, 0.2) is 153 Å². The van der Waals surface area contributed by atoms with Crippen molar-refractivity contribution >= 4 is 45.6 Å². The molecular formula is C40H24F2N2O6S. The number of sulfone groups is 1. The second-order valence-electron chi connectivity index (χ2n) is 11.3. The molecule has 0 saturated carbocycles. The summed E-state index contributed by atoms with van der Waals surface area (Å²) in [6.07, 6.45) is 3.13. The molecule has 11 heteroatoms. The molecule has 0 aromatic heterocycles. The maximum Gasteiger partial charge on any atom is 0.343 e. The summed E-state index contributed by atoms with van der Waals surface area (Å²) in [4.78, 5) is 33.8.